The van der Waals surface area contributed by atoms with Crippen LogP contribution in [0, 0.1) is 0 Å². The summed E-state index contributed by atoms with van der Waals surface area (Å²) in [6.07, 6.45) is 0. The zero-order chi connectivity index (χ0) is 18.0. The Hall–Kier alpha value is -2.42. The van der Waals surface area contributed by atoms with Crippen molar-refractivity contribution in [1.29, 1.82) is 0 Å². The van der Waals surface area contributed by atoms with Gasteiger partial charge in [-0.1, -0.05) is 53.3 Å². The van der Waals surface area contributed by atoms with Crippen molar-refractivity contribution in [2.45, 2.75) is 4.21 Å². The van der Waals surface area contributed by atoms with Crippen LogP contribution in [0.4, 0.5) is 5.69 Å². The molecule has 0 bridgehead atoms. The highest BCUT2D eigenvalue weighted by molar-refractivity contribution is 7.94. The van der Waals surface area contributed by atoms with Crippen molar-refractivity contribution in [2.24, 2.45) is 5.73 Å². The van der Waals surface area contributed by atoms with Crippen molar-refractivity contribution in [3.05, 3.63) is 64.6 Å². The summed E-state index contributed by atoms with van der Waals surface area (Å²) in [6.45, 7) is 0. The number of carbonyl (C=O) groups is 1. The Bertz CT molecular complexity index is 1020. The van der Waals surface area contributed by atoms with E-state index in [4.69, 9.17) is 17.3 Å². The van der Waals surface area contributed by atoms with Crippen LogP contribution in [0.3, 0.4) is 0 Å². The summed E-state index contributed by atoms with van der Waals surface area (Å²) < 4.78 is 28.1. The number of anilines is 1. The molecule has 1 aromatic heterocycles. The SMILES string of the molecule is NC(=O)c1ccc(NS(=O)(=O)c2sc(Cl)nc2-c2ccccc2)cc1. The molecule has 2 aromatic carbocycles. The first-order valence-electron chi connectivity index (χ1n) is 7.01. The zero-order valence-corrected chi connectivity index (χ0v) is 15.0. The van der Waals surface area contributed by atoms with Crippen LogP contribution in [0.2, 0.25) is 4.47 Å². The maximum absolute atomic E-state index is 12.7. The summed E-state index contributed by atoms with van der Waals surface area (Å²) in [6, 6.07) is 14.7. The second kappa shape index (κ2) is 6.83. The molecule has 0 aliphatic rings. The molecular formula is C16H12ClN3O3S2. The maximum Gasteiger partial charge on any atom is 0.273 e. The minimum atomic E-state index is -3.90. The van der Waals surface area contributed by atoms with E-state index in [9.17, 15) is 13.2 Å². The second-order valence-corrected chi connectivity index (χ2v) is 8.47. The highest BCUT2D eigenvalue weighted by Crippen LogP contribution is 2.35. The number of benzene rings is 2. The third-order valence-corrected chi connectivity index (χ3v) is 6.33. The van der Waals surface area contributed by atoms with Crippen LogP contribution >= 0.6 is 22.9 Å². The molecule has 1 amide bonds. The zero-order valence-electron chi connectivity index (χ0n) is 12.6. The van der Waals surface area contributed by atoms with Gasteiger partial charge in [-0.05, 0) is 24.3 Å². The molecule has 3 aromatic rings. The molecule has 3 N–H and O–H groups in total. The number of amides is 1. The summed E-state index contributed by atoms with van der Waals surface area (Å²) in [4.78, 5) is 15.2. The minimum Gasteiger partial charge on any atom is -0.366 e. The summed E-state index contributed by atoms with van der Waals surface area (Å²) in [5.41, 5.74) is 6.69. The number of hydrogen-bond acceptors (Lipinski definition) is 5. The number of rotatable bonds is 5. The number of carbonyl (C=O) groups excluding carboxylic acids is 1. The number of primary amides is 1. The number of thiazole rings is 1. The number of nitrogens with zero attached hydrogens (tertiary/aromatic N) is 1. The van der Waals surface area contributed by atoms with E-state index in [2.05, 4.69) is 9.71 Å². The molecule has 3 rings (SSSR count). The fourth-order valence-electron chi connectivity index (χ4n) is 2.15. The van der Waals surface area contributed by atoms with Crippen molar-refractivity contribution < 1.29 is 13.2 Å². The van der Waals surface area contributed by atoms with E-state index < -0.39 is 15.9 Å². The molecule has 0 spiro atoms. The molecule has 25 heavy (non-hydrogen) atoms. The minimum absolute atomic E-state index is 0.0164. The van der Waals surface area contributed by atoms with Gasteiger partial charge in [0.2, 0.25) is 5.91 Å². The average Bonchev–Trinajstić information content (AvgIpc) is 2.99. The normalized spacial score (nSPS) is 11.2. The van der Waals surface area contributed by atoms with E-state index in [-0.39, 0.29) is 19.9 Å². The number of nitrogens with two attached hydrogens (primary N) is 1. The first-order chi connectivity index (χ1) is 11.9. The van der Waals surface area contributed by atoms with Crippen molar-refractivity contribution >= 4 is 44.6 Å². The smallest absolute Gasteiger partial charge is 0.273 e. The molecule has 0 radical (unpaired) electrons. The number of aromatic nitrogens is 1. The molecule has 0 saturated carbocycles. The molecule has 0 saturated heterocycles. The fraction of sp³-hybridized carbons (Fsp3) is 0. The van der Waals surface area contributed by atoms with Crippen molar-refractivity contribution in [1.82, 2.24) is 4.98 Å². The Morgan fingerprint density at radius 1 is 1.08 bits per heavy atom. The quantitative estimate of drug-likeness (QED) is 0.693. The van der Waals surface area contributed by atoms with Gasteiger partial charge < -0.3 is 5.73 Å². The highest BCUT2D eigenvalue weighted by Gasteiger charge is 2.24. The van der Waals surface area contributed by atoms with Gasteiger partial charge in [0, 0.05) is 16.8 Å². The molecule has 6 nitrogen and oxygen atoms in total. The summed E-state index contributed by atoms with van der Waals surface area (Å²) in [5, 5.41) is 0. The number of nitrogens with one attached hydrogen (secondary N) is 1. The standard InChI is InChI=1S/C16H12ClN3O3S2/c17-16-19-13(10-4-2-1-3-5-10)15(24-16)25(22,23)20-12-8-6-11(7-9-12)14(18)21/h1-9,20H,(H2,18,21). The lowest BCUT2D eigenvalue weighted by atomic mass is 10.2. The highest BCUT2D eigenvalue weighted by atomic mass is 35.5. The van der Waals surface area contributed by atoms with Crippen LogP contribution in [0.15, 0.2) is 58.8 Å². The monoisotopic (exact) mass is 393 g/mol. The van der Waals surface area contributed by atoms with Crippen LogP contribution in [-0.2, 0) is 10.0 Å². The Morgan fingerprint density at radius 2 is 1.72 bits per heavy atom. The third kappa shape index (κ3) is 3.81. The van der Waals surface area contributed by atoms with Gasteiger partial charge in [-0.2, -0.15) is 0 Å². The van der Waals surface area contributed by atoms with Crippen LogP contribution in [0.25, 0.3) is 11.3 Å². The van der Waals surface area contributed by atoms with E-state index in [0.717, 1.165) is 11.3 Å². The van der Waals surface area contributed by atoms with Crippen molar-refractivity contribution in [3.8, 4) is 11.3 Å². The van der Waals surface area contributed by atoms with Crippen LogP contribution in [0.5, 0.6) is 0 Å². The summed E-state index contributed by atoms with van der Waals surface area (Å²) in [7, 11) is -3.90. The molecule has 1 heterocycles. The average molecular weight is 394 g/mol. The topological polar surface area (TPSA) is 102 Å². The predicted octanol–water partition coefficient (Wildman–Crippen LogP) is 3.36. The van der Waals surface area contributed by atoms with Gasteiger partial charge in [-0.15, -0.1) is 0 Å². The van der Waals surface area contributed by atoms with Gasteiger partial charge in [-0.25, -0.2) is 13.4 Å². The molecule has 0 fully saturated rings. The maximum atomic E-state index is 12.7. The predicted molar refractivity (Wildman–Crippen MR) is 98.3 cm³/mol. The molecule has 128 valence electrons. The number of halogens is 1. The lowest BCUT2D eigenvalue weighted by molar-refractivity contribution is 0.100. The van der Waals surface area contributed by atoms with Crippen LogP contribution in [0.1, 0.15) is 10.4 Å². The van der Waals surface area contributed by atoms with Crippen LogP contribution < -0.4 is 10.5 Å². The summed E-state index contributed by atoms with van der Waals surface area (Å²) >= 11 is 6.82. The Morgan fingerprint density at radius 3 is 2.32 bits per heavy atom. The molecule has 0 atom stereocenters. The Balaban J connectivity index is 1.97. The van der Waals surface area contributed by atoms with Gasteiger partial charge >= 0.3 is 0 Å². The molecule has 0 aliphatic heterocycles. The first kappa shape index (κ1) is 17.4. The number of sulfonamides is 1. The van der Waals surface area contributed by atoms with Gasteiger partial charge in [-0.3, -0.25) is 9.52 Å². The Labute approximate surface area is 153 Å². The second-order valence-electron chi connectivity index (χ2n) is 5.02. The van der Waals surface area contributed by atoms with E-state index >= 15 is 0 Å². The molecule has 0 unspecified atom stereocenters. The largest absolute Gasteiger partial charge is 0.366 e. The third-order valence-electron chi connectivity index (χ3n) is 3.28. The molecule has 9 heteroatoms. The number of hydrogen-bond donors (Lipinski definition) is 2. The molecular weight excluding hydrogens is 382 g/mol. The summed E-state index contributed by atoms with van der Waals surface area (Å²) in [5.74, 6) is -0.588. The molecule has 0 aliphatic carbocycles. The van der Waals surface area contributed by atoms with Crippen LogP contribution in [-0.4, -0.2) is 19.3 Å². The lowest BCUT2D eigenvalue weighted by Crippen LogP contribution is -2.14. The van der Waals surface area contributed by atoms with Crippen molar-refractivity contribution in [2.75, 3.05) is 4.72 Å². The Kier molecular flexibility index (Phi) is 4.76. The van der Waals surface area contributed by atoms with Gasteiger partial charge in [0.05, 0.1) is 0 Å². The fourth-order valence-corrected chi connectivity index (χ4v) is 4.91. The van der Waals surface area contributed by atoms with Gasteiger partial charge in [0.15, 0.2) is 8.68 Å². The first-order valence-corrected chi connectivity index (χ1v) is 9.69. The van der Waals surface area contributed by atoms with E-state index in [1.807, 2.05) is 6.07 Å². The van der Waals surface area contributed by atoms with Crippen molar-refractivity contribution in [3.63, 3.8) is 0 Å². The van der Waals surface area contributed by atoms with Gasteiger partial charge in [0.25, 0.3) is 10.0 Å². The lowest BCUT2D eigenvalue weighted by Gasteiger charge is -2.08. The van der Waals surface area contributed by atoms with E-state index in [1.54, 1.807) is 24.3 Å². The van der Waals surface area contributed by atoms with E-state index in [1.165, 1.54) is 24.3 Å². The van der Waals surface area contributed by atoms with Gasteiger partial charge in [0.1, 0.15) is 5.69 Å². The van der Waals surface area contributed by atoms with E-state index in [0.29, 0.717) is 11.3 Å².